The Hall–Kier alpha value is -1.77. The van der Waals surface area contributed by atoms with E-state index in [4.69, 9.17) is 17.3 Å². The third-order valence-corrected chi connectivity index (χ3v) is 3.71. The Kier molecular flexibility index (Phi) is 3.51. The van der Waals surface area contributed by atoms with E-state index in [1.165, 1.54) is 22.3 Å². The van der Waals surface area contributed by atoms with E-state index in [2.05, 4.69) is 40.9 Å². The minimum atomic E-state index is 0.124. The molecule has 20 heavy (non-hydrogen) atoms. The van der Waals surface area contributed by atoms with E-state index in [-0.39, 0.29) is 6.04 Å². The lowest BCUT2D eigenvalue weighted by Gasteiger charge is -2.09. The molecule has 3 heteroatoms. The largest absolute Gasteiger partial charge is 0.328 e. The number of nitrogens with zero attached hydrogens (tertiary/aromatic N) is 1. The molecule has 3 aromatic rings. The van der Waals surface area contributed by atoms with Crippen LogP contribution >= 0.6 is 11.6 Å². The van der Waals surface area contributed by atoms with Gasteiger partial charge < -0.3 is 10.1 Å². The van der Waals surface area contributed by atoms with E-state index < -0.39 is 0 Å². The second kappa shape index (κ2) is 5.31. The van der Waals surface area contributed by atoms with Crippen molar-refractivity contribution in [2.45, 2.75) is 19.4 Å². The molecule has 0 fully saturated rings. The molecule has 0 spiro atoms. The number of halogens is 1. The molecule has 0 bridgehead atoms. The molecule has 2 N–H and O–H groups in total. The van der Waals surface area contributed by atoms with Crippen molar-refractivity contribution in [3.05, 3.63) is 65.4 Å². The first-order chi connectivity index (χ1) is 9.65. The Morgan fingerprint density at radius 2 is 1.90 bits per heavy atom. The molecule has 0 radical (unpaired) electrons. The molecule has 3 rings (SSSR count). The number of benzene rings is 1. The van der Waals surface area contributed by atoms with Gasteiger partial charge in [-0.2, -0.15) is 0 Å². The van der Waals surface area contributed by atoms with Crippen LogP contribution in [0, 0.1) is 0 Å². The van der Waals surface area contributed by atoms with Crippen LogP contribution in [-0.2, 0) is 6.42 Å². The molecule has 0 saturated carbocycles. The van der Waals surface area contributed by atoms with E-state index in [1.807, 2.05) is 25.1 Å². The summed E-state index contributed by atoms with van der Waals surface area (Å²) in [6.07, 6.45) is 2.93. The van der Waals surface area contributed by atoms with Gasteiger partial charge >= 0.3 is 0 Å². The van der Waals surface area contributed by atoms with Gasteiger partial charge in [-0.1, -0.05) is 29.8 Å². The first kappa shape index (κ1) is 13.2. The predicted octanol–water partition coefficient (Wildman–Crippen LogP) is 4.15. The van der Waals surface area contributed by atoms with Crippen LogP contribution in [0.15, 0.2) is 54.7 Å². The summed E-state index contributed by atoms with van der Waals surface area (Å²) >= 11 is 5.98. The third kappa shape index (κ3) is 2.45. The third-order valence-electron chi connectivity index (χ3n) is 3.46. The lowest BCUT2D eigenvalue weighted by molar-refractivity contribution is 0.718. The van der Waals surface area contributed by atoms with E-state index in [0.29, 0.717) is 0 Å². The quantitative estimate of drug-likeness (QED) is 0.769. The summed E-state index contributed by atoms with van der Waals surface area (Å²) in [4.78, 5) is 0. The van der Waals surface area contributed by atoms with Crippen LogP contribution in [0.1, 0.15) is 12.6 Å². The molecule has 1 aromatic carbocycles. The smallest absolute Gasteiger partial charge is 0.0459 e. The maximum absolute atomic E-state index is 6.01. The maximum atomic E-state index is 6.01. The summed E-state index contributed by atoms with van der Waals surface area (Å²) in [5, 5.41) is 0.756. The van der Waals surface area contributed by atoms with Gasteiger partial charge in [-0.25, -0.2) is 0 Å². The van der Waals surface area contributed by atoms with Crippen LogP contribution in [0.3, 0.4) is 0 Å². The van der Waals surface area contributed by atoms with Crippen molar-refractivity contribution in [3.8, 4) is 11.1 Å². The summed E-state index contributed by atoms with van der Waals surface area (Å²) in [6.45, 7) is 2.04. The number of pyridine rings is 1. The summed E-state index contributed by atoms with van der Waals surface area (Å²) in [5.74, 6) is 0. The molecular weight excluding hydrogens is 268 g/mol. The van der Waals surface area contributed by atoms with Gasteiger partial charge in [0, 0.05) is 40.5 Å². The molecule has 0 amide bonds. The van der Waals surface area contributed by atoms with Crippen molar-refractivity contribution >= 4 is 17.1 Å². The van der Waals surface area contributed by atoms with Gasteiger partial charge in [0.15, 0.2) is 0 Å². The highest BCUT2D eigenvalue weighted by atomic mass is 35.5. The lowest BCUT2D eigenvalue weighted by Crippen LogP contribution is -2.19. The average Bonchev–Trinajstić information content (AvgIpc) is 2.78. The fourth-order valence-corrected chi connectivity index (χ4v) is 2.70. The number of rotatable bonds is 3. The van der Waals surface area contributed by atoms with Crippen molar-refractivity contribution in [2.75, 3.05) is 0 Å². The summed E-state index contributed by atoms with van der Waals surface area (Å²) < 4.78 is 2.22. The molecule has 0 saturated heterocycles. The fourth-order valence-electron chi connectivity index (χ4n) is 2.57. The molecule has 2 nitrogen and oxygen atoms in total. The highest BCUT2D eigenvalue weighted by Crippen LogP contribution is 2.29. The summed E-state index contributed by atoms with van der Waals surface area (Å²) in [5.41, 5.74) is 10.8. The minimum absolute atomic E-state index is 0.124. The van der Waals surface area contributed by atoms with Crippen molar-refractivity contribution in [1.29, 1.82) is 0 Å². The van der Waals surface area contributed by atoms with Gasteiger partial charge in [-0.15, -0.1) is 0 Å². The molecule has 0 aliphatic rings. The SMILES string of the molecule is CC(N)Cc1c(-c2ccc(Cl)cc2)cc2ccccn12. The highest BCUT2D eigenvalue weighted by molar-refractivity contribution is 6.30. The average molecular weight is 285 g/mol. The second-order valence-corrected chi connectivity index (χ2v) is 5.62. The van der Waals surface area contributed by atoms with Crippen molar-refractivity contribution in [3.63, 3.8) is 0 Å². The molecule has 0 aliphatic carbocycles. The Morgan fingerprint density at radius 3 is 2.60 bits per heavy atom. The zero-order chi connectivity index (χ0) is 14.1. The van der Waals surface area contributed by atoms with Gasteiger partial charge in [0.1, 0.15) is 0 Å². The second-order valence-electron chi connectivity index (χ2n) is 5.19. The molecule has 1 unspecified atom stereocenters. The Bertz CT molecular complexity index is 726. The number of hydrogen-bond acceptors (Lipinski definition) is 1. The topological polar surface area (TPSA) is 30.4 Å². The van der Waals surface area contributed by atoms with Gasteiger partial charge in [0.05, 0.1) is 0 Å². The van der Waals surface area contributed by atoms with E-state index in [1.54, 1.807) is 0 Å². The van der Waals surface area contributed by atoms with E-state index in [9.17, 15) is 0 Å². The molecule has 1 atom stereocenters. The maximum Gasteiger partial charge on any atom is 0.0459 e. The van der Waals surface area contributed by atoms with Crippen LogP contribution in [0.5, 0.6) is 0 Å². The minimum Gasteiger partial charge on any atom is -0.328 e. The van der Waals surface area contributed by atoms with E-state index >= 15 is 0 Å². The van der Waals surface area contributed by atoms with Gasteiger partial charge in [-0.3, -0.25) is 0 Å². The standard InChI is InChI=1S/C17H17ClN2/c1-12(19)10-17-16(13-5-7-14(18)8-6-13)11-15-4-2-3-9-20(15)17/h2-9,11-12H,10,19H2,1H3. The van der Waals surface area contributed by atoms with Gasteiger partial charge in [0.25, 0.3) is 0 Å². The molecule has 2 aromatic heterocycles. The zero-order valence-electron chi connectivity index (χ0n) is 11.4. The lowest BCUT2D eigenvalue weighted by atomic mass is 10.0. The van der Waals surface area contributed by atoms with Crippen LogP contribution in [0.2, 0.25) is 5.02 Å². The molecule has 102 valence electrons. The predicted molar refractivity (Wildman–Crippen MR) is 85.2 cm³/mol. The van der Waals surface area contributed by atoms with Crippen LogP contribution in [0.4, 0.5) is 0 Å². The van der Waals surface area contributed by atoms with Crippen LogP contribution in [0.25, 0.3) is 16.6 Å². The van der Waals surface area contributed by atoms with Crippen molar-refractivity contribution in [1.82, 2.24) is 4.40 Å². The van der Waals surface area contributed by atoms with E-state index in [0.717, 1.165) is 11.4 Å². The molecular formula is C17H17ClN2. The zero-order valence-corrected chi connectivity index (χ0v) is 12.1. The number of aromatic nitrogens is 1. The van der Waals surface area contributed by atoms with Crippen molar-refractivity contribution < 1.29 is 0 Å². The number of fused-ring (bicyclic) bond motifs is 1. The van der Waals surface area contributed by atoms with Gasteiger partial charge in [0.2, 0.25) is 0 Å². The Morgan fingerprint density at radius 1 is 1.15 bits per heavy atom. The Balaban J connectivity index is 2.20. The fraction of sp³-hybridized carbons (Fsp3) is 0.176. The molecule has 2 heterocycles. The monoisotopic (exact) mass is 284 g/mol. The summed E-state index contributed by atoms with van der Waals surface area (Å²) in [6, 6.07) is 16.5. The summed E-state index contributed by atoms with van der Waals surface area (Å²) in [7, 11) is 0. The normalized spacial score (nSPS) is 12.8. The van der Waals surface area contributed by atoms with Crippen LogP contribution in [-0.4, -0.2) is 10.4 Å². The van der Waals surface area contributed by atoms with Crippen LogP contribution < -0.4 is 5.73 Å². The first-order valence-electron chi connectivity index (χ1n) is 6.75. The van der Waals surface area contributed by atoms with Crippen molar-refractivity contribution in [2.24, 2.45) is 5.73 Å². The van der Waals surface area contributed by atoms with Gasteiger partial charge in [-0.05, 0) is 42.8 Å². The number of nitrogens with two attached hydrogens (primary N) is 1. The Labute approximate surface area is 123 Å². The highest BCUT2D eigenvalue weighted by Gasteiger charge is 2.13. The molecule has 0 aliphatic heterocycles. The number of hydrogen-bond donors (Lipinski definition) is 1. The first-order valence-corrected chi connectivity index (χ1v) is 7.13.